The van der Waals surface area contributed by atoms with Gasteiger partial charge >= 0.3 is 17.9 Å². The zero-order valence-electron chi connectivity index (χ0n) is 13.4. The molecule has 1 aliphatic heterocycles. The number of carbonyl (C=O) groups is 4. The number of nitriles is 1. The summed E-state index contributed by atoms with van der Waals surface area (Å²) >= 11 is 0. The number of carboxylic acids is 3. The van der Waals surface area contributed by atoms with Gasteiger partial charge in [-0.25, -0.2) is 4.79 Å². The second-order valence-corrected chi connectivity index (χ2v) is 5.46. The van der Waals surface area contributed by atoms with E-state index in [4.69, 9.17) is 31.4 Å². The van der Waals surface area contributed by atoms with Crippen LogP contribution in [0.15, 0.2) is 0 Å². The van der Waals surface area contributed by atoms with Crippen molar-refractivity contribution >= 4 is 23.8 Å². The lowest BCUT2D eigenvalue weighted by Crippen LogP contribution is -2.48. The molecule has 0 aliphatic carbocycles. The molecule has 1 saturated heterocycles. The fraction of sp³-hybridized carbons (Fsp3) is 0.643. The highest BCUT2D eigenvalue weighted by molar-refractivity contribution is 5.88. The first kappa shape index (κ1) is 22.3. The molecule has 1 amide bonds. The van der Waals surface area contributed by atoms with Gasteiger partial charge in [0, 0.05) is 6.54 Å². The SMILES string of the molecule is N#CCC(=O)N1CCCCC1N.O=C(O)CC(O)(CC(=O)O)C(=O)O. The van der Waals surface area contributed by atoms with Gasteiger partial charge in [0.25, 0.3) is 0 Å². The third-order valence-electron chi connectivity index (χ3n) is 3.39. The van der Waals surface area contributed by atoms with Crippen molar-refractivity contribution in [2.45, 2.75) is 50.3 Å². The fourth-order valence-corrected chi connectivity index (χ4v) is 2.15. The number of aliphatic carboxylic acids is 3. The lowest BCUT2D eigenvalue weighted by molar-refractivity contribution is -0.170. The first-order valence-electron chi connectivity index (χ1n) is 7.35. The summed E-state index contributed by atoms with van der Waals surface area (Å²) in [5.41, 5.74) is 2.97. The summed E-state index contributed by atoms with van der Waals surface area (Å²) in [6.07, 6.45) is 0.441. The Kier molecular flexibility index (Phi) is 9.11. The molecular formula is C14H21N3O8. The van der Waals surface area contributed by atoms with E-state index in [1.54, 1.807) is 4.90 Å². The highest BCUT2D eigenvalue weighted by Gasteiger charge is 2.40. The maximum absolute atomic E-state index is 11.2. The van der Waals surface area contributed by atoms with Crippen molar-refractivity contribution in [3.63, 3.8) is 0 Å². The first-order valence-corrected chi connectivity index (χ1v) is 7.35. The van der Waals surface area contributed by atoms with Crippen molar-refractivity contribution in [2.24, 2.45) is 5.73 Å². The number of likely N-dealkylation sites (tertiary alicyclic amines) is 1. The summed E-state index contributed by atoms with van der Waals surface area (Å²) in [4.78, 5) is 43.3. The lowest BCUT2D eigenvalue weighted by atomic mass is 9.96. The van der Waals surface area contributed by atoms with Crippen molar-refractivity contribution in [3.8, 4) is 6.07 Å². The van der Waals surface area contributed by atoms with Crippen LogP contribution in [0.3, 0.4) is 0 Å². The van der Waals surface area contributed by atoms with E-state index < -0.39 is 36.4 Å². The van der Waals surface area contributed by atoms with Gasteiger partial charge in [0.05, 0.1) is 25.1 Å². The van der Waals surface area contributed by atoms with Crippen molar-refractivity contribution in [3.05, 3.63) is 0 Å². The van der Waals surface area contributed by atoms with Gasteiger partial charge in [-0.15, -0.1) is 0 Å². The lowest BCUT2D eigenvalue weighted by Gasteiger charge is -2.32. The second-order valence-electron chi connectivity index (χ2n) is 5.46. The van der Waals surface area contributed by atoms with Crippen molar-refractivity contribution in [1.29, 1.82) is 5.26 Å². The number of rotatable bonds is 6. The topological polar surface area (TPSA) is 202 Å². The Balaban J connectivity index is 0.000000462. The molecule has 1 fully saturated rings. The molecule has 0 bridgehead atoms. The number of aliphatic hydroxyl groups is 1. The van der Waals surface area contributed by atoms with Crippen LogP contribution >= 0.6 is 0 Å². The summed E-state index contributed by atoms with van der Waals surface area (Å²) in [6, 6.07) is 1.84. The largest absolute Gasteiger partial charge is 0.481 e. The molecule has 0 aromatic heterocycles. The van der Waals surface area contributed by atoms with Gasteiger partial charge in [0.2, 0.25) is 5.91 Å². The zero-order chi connectivity index (χ0) is 19.6. The number of nitrogens with zero attached hydrogens (tertiary/aromatic N) is 2. The number of hydrogen-bond donors (Lipinski definition) is 5. The number of carbonyl (C=O) groups excluding carboxylic acids is 1. The number of piperidine rings is 1. The maximum Gasteiger partial charge on any atom is 0.336 e. The number of hydrogen-bond acceptors (Lipinski definition) is 7. The molecular weight excluding hydrogens is 338 g/mol. The molecule has 0 spiro atoms. The predicted octanol–water partition coefficient (Wildman–Crippen LogP) is -1.05. The molecule has 0 radical (unpaired) electrons. The van der Waals surface area contributed by atoms with E-state index in [1.165, 1.54) is 0 Å². The molecule has 0 aromatic rings. The Labute approximate surface area is 143 Å². The Morgan fingerprint density at radius 2 is 1.64 bits per heavy atom. The number of nitrogens with two attached hydrogens (primary N) is 1. The molecule has 140 valence electrons. The molecule has 1 aliphatic rings. The first-order chi connectivity index (χ1) is 11.5. The Morgan fingerprint density at radius 3 is 2.00 bits per heavy atom. The van der Waals surface area contributed by atoms with Crippen LogP contribution in [-0.2, 0) is 19.2 Å². The maximum atomic E-state index is 11.2. The van der Waals surface area contributed by atoms with Crippen LogP contribution in [-0.4, -0.2) is 67.5 Å². The van der Waals surface area contributed by atoms with E-state index in [-0.39, 0.29) is 18.5 Å². The predicted molar refractivity (Wildman–Crippen MR) is 80.9 cm³/mol. The smallest absolute Gasteiger partial charge is 0.336 e. The van der Waals surface area contributed by atoms with Crippen molar-refractivity contribution in [2.75, 3.05) is 6.54 Å². The molecule has 6 N–H and O–H groups in total. The monoisotopic (exact) mass is 359 g/mol. The van der Waals surface area contributed by atoms with Gasteiger partial charge < -0.3 is 31.1 Å². The van der Waals surface area contributed by atoms with E-state index >= 15 is 0 Å². The number of amides is 1. The van der Waals surface area contributed by atoms with Crippen molar-refractivity contribution < 1.29 is 39.6 Å². The average Bonchev–Trinajstić information content (AvgIpc) is 2.46. The normalized spacial score (nSPS) is 16.8. The van der Waals surface area contributed by atoms with Crippen LogP contribution in [0.2, 0.25) is 0 Å². The van der Waals surface area contributed by atoms with Crippen LogP contribution in [0, 0.1) is 11.3 Å². The molecule has 0 aromatic carbocycles. The van der Waals surface area contributed by atoms with Gasteiger partial charge in [-0.1, -0.05) is 0 Å². The van der Waals surface area contributed by atoms with Crippen LogP contribution < -0.4 is 5.73 Å². The van der Waals surface area contributed by atoms with Crippen molar-refractivity contribution in [1.82, 2.24) is 4.90 Å². The van der Waals surface area contributed by atoms with Gasteiger partial charge in [0.1, 0.15) is 6.42 Å². The minimum Gasteiger partial charge on any atom is -0.481 e. The van der Waals surface area contributed by atoms with Crippen LogP contribution in [0.5, 0.6) is 0 Å². The molecule has 11 heteroatoms. The summed E-state index contributed by atoms with van der Waals surface area (Å²) in [6.45, 7) is 0.710. The van der Waals surface area contributed by atoms with E-state index in [0.717, 1.165) is 19.3 Å². The Hall–Kier alpha value is -2.71. The minimum atomic E-state index is -2.74. The highest BCUT2D eigenvalue weighted by Crippen LogP contribution is 2.16. The summed E-state index contributed by atoms with van der Waals surface area (Å²) in [5.74, 6) is -5.15. The minimum absolute atomic E-state index is 0.0479. The molecule has 11 nitrogen and oxygen atoms in total. The summed E-state index contributed by atoms with van der Waals surface area (Å²) in [5, 5.41) is 42.1. The Morgan fingerprint density at radius 1 is 1.12 bits per heavy atom. The fourth-order valence-electron chi connectivity index (χ4n) is 2.15. The molecule has 1 heterocycles. The molecule has 25 heavy (non-hydrogen) atoms. The van der Waals surface area contributed by atoms with Crippen LogP contribution in [0.25, 0.3) is 0 Å². The molecule has 0 saturated carbocycles. The third kappa shape index (κ3) is 8.09. The molecule has 1 rings (SSSR count). The zero-order valence-corrected chi connectivity index (χ0v) is 13.4. The average molecular weight is 359 g/mol. The van der Waals surface area contributed by atoms with Gasteiger partial charge in [-0.3, -0.25) is 14.4 Å². The van der Waals surface area contributed by atoms with Gasteiger partial charge in [-0.2, -0.15) is 5.26 Å². The quantitative estimate of drug-likeness (QED) is 0.389. The third-order valence-corrected chi connectivity index (χ3v) is 3.39. The van der Waals surface area contributed by atoms with Gasteiger partial charge in [-0.05, 0) is 19.3 Å². The standard InChI is InChI=1S/C8H13N3O.C6H8O7/c9-5-4-8(12)11-6-2-1-3-7(11)10;7-3(8)1-6(13,5(11)12)2-4(9)10/h7H,1-4,6,10H2;13H,1-2H2,(H,7,8)(H,9,10)(H,11,12). The van der Waals surface area contributed by atoms with E-state index in [1.807, 2.05) is 6.07 Å². The van der Waals surface area contributed by atoms with Gasteiger partial charge in [0.15, 0.2) is 5.60 Å². The summed E-state index contributed by atoms with van der Waals surface area (Å²) in [7, 11) is 0. The van der Waals surface area contributed by atoms with E-state index in [0.29, 0.717) is 6.54 Å². The van der Waals surface area contributed by atoms with Crippen LogP contribution in [0.4, 0.5) is 0 Å². The molecule has 1 unspecified atom stereocenters. The summed E-state index contributed by atoms with van der Waals surface area (Å²) < 4.78 is 0. The highest BCUT2D eigenvalue weighted by atomic mass is 16.4. The Bertz CT molecular complexity index is 541. The van der Waals surface area contributed by atoms with Crippen LogP contribution in [0.1, 0.15) is 38.5 Å². The second kappa shape index (κ2) is 10.2. The number of carboxylic acid groups (broad SMARTS) is 3. The molecule has 1 atom stereocenters. The van der Waals surface area contributed by atoms with E-state index in [2.05, 4.69) is 0 Å². The van der Waals surface area contributed by atoms with E-state index in [9.17, 15) is 19.2 Å².